The van der Waals surface area contributed by atoms with Gasteiger partial charge < -0.3 is 11.1 Å². The van der Waals surface area contributed by atoms with E-state index in [2.05, 4.69) is 10.3 Å². The fraction of sp³-hybridized carbons (Fsp3) is 0.500. The van der Waals surface area contributed by atoms with Crippen LogP contribution in [-0.4, -0.2) is 30.6 Å². The standard InChI is InChI=1S/C12H16N4O/c13-11(17)16-8-12(2-5-14-6-3-12)9-1-4-15-7-10(9)16/h1,4,7,14H,2-3,5-6,8H2,(H2,13,17). The first-order chi connectivity index (χ1) is 8.23. The molecule has 0 unspecified atom stereocenters. The highest BCUT2D eigenvalue weighted by atomic mass is 16.2. The number of amides is 2. The molecule has 5 nitrogen and oxygen atoms in total. The van der Waals surface area contributed by atoms with E-state index in [1.165, 1.54) is 5.56 Å². The number of primary amides is 1. The Morgan fingerprint density at radius 3 is 2.94 bits per heavy atom. The molecule has 2 amide bonds. The maximum atomic E-state index is 11.5. The van der Waals surface area contributed by atoms with Crippen LogP contribution in [0, 0.1) is 0 Å². The van der Waals surface area contributed by atoms with E-state index < -0.39 is 0 Å². The van der Waals surface area contributed by atoms with Crippen LogP contribution in [0.2, 0.25) is 0 Å². The third kappa shape index (κ3) is 1.50. The number of aromatic nitrogens is 1. The van der Waals surface area contributed by atoms with Crippen LogP contribution in [0.25, 0.3) is 0 Å². The number of nitrogens with one attached hydrogen (secondary N) is 1. The number of carbonyl (C=O) groups is 1. The zero-order valence-electron chi connectivity index (χ0n) is 9.65. The number of carbonyl (C=O) groups excluding carboxylic acids is 1. The number of pyridine rings is 1. The summed E-state index contributed by atoms with van der Waals surface area (Å²) in [5.74, 6) is 0. The Kier molecular flexibility index (Phi) is 2.29. The van der Waals surface area contributed by atoms with E-state index in [0.717, 1.165) is 31.6 Å². The third-order valence-electron chi connectivity index (χ3n) is 3.95. The lowest BCUT2D eigenvalue weighted by atomic mass is 9.75. The summed E-state index contributed by atoms with van der Waals surface area (Å²) in [4.78, 5) is 17.3. The Labute approximate surface area is 100 Å². The summed E-state index contributed by atoms with van der Waals surface area (Å²) in [6.07, 6.45) is 5.64. The van der Waals surface area contributed by atoms with Gasteiger partial charge in [-0.15, -0.1) is 0 Å². The summed E-state index contributed by atoms with van der Waals surface area (Å²) in [6, 6.07) is 1.65. The third-order valence-corrected chi connectivity index (χ3v) is 3.95. The molecule has 3 heterocycles. The monoisotopic (exact) mass is 232 g/mol. The number of fused-ring (bicyclic) bond motifs is 2. The molecule has 0 aliphatic carbocycles. The van der Waals surface area contributed by atoms with Crippen molar-refractivity contribution in [1.82, 2.24) is 10.3 Å². The molecule has 0 saturated carbocycles. The van der Waals surface area contributed by atoms with Crippen LogP contribution in [0.1, 0.15) is 18.4 Å². The molecule has 1 aromatic heterocycles. The highest BCUT2D eigenvalue weighted by Crippen LogP contribution is 2.45. The highest BCUT2D eigenvalue weighted by Gasteiger charge is 2.44. The van der Waals surface area contributed by atoms with Crippen LogP contribution in [0.5, 0.6) is 0 Å². The Morgan fingerprint density at radius 1 is 1.47 bits per heavy atom. The molecule has 0 atom stereocenters. The molecule has 1 aromatic rings. The number of anilines is 1. The Bertz CT molecular complexity index is 454. The van der Waals surface area contributed by atoms with Crippen molar-refractivity contribution < 1.29 is 4.79 Å². The normalized spacial score (nSPS) is 21.5. The number of nitrogens with two attached hydrogens (primary N) is 1. The highest BCUT2D eigenvalue weighted by molar-refractivity contribution is 5.93. The van der Waals surface area contributed by atoms with E-state index in [1.807, 2.05) is 6.07 Å². The van der Waals surface area contributed by atoms with Crippen molar-refractivity contribution in [2.75, 3.05) is 24.5 Å². The Balaban J connectivity index is 2.07. The number of urea groups is 1. The minimum Gasteiger partial charge on any atom is -0.351 e. The largest absolute Gasteiger partial charge is 0.351 e. The van der Waals surface area contributed by atoms with Gasteiger partial charge in [-0.05, 0) is 37.6 Å². The molecule has 1 saturated heterocycles. The number of hydrogen-bond acceptors (Lipinski definition) is 3. The van der Waals surface area contributed by atoms with Crippen LogP contribution in [0.15, 0.2) is 18.5 Å². The van der Waals surface area contributed by atoms with E-state index in [0.29, 0.717) is 6.54 Å². The van der Waals surface area contributed by atoms with Crippen molar-refractivity contribution in [3.05, 3.63) is 24.0 Å². The molecule has 5 heteroatoms. The average molecular weight is 232 g/mol. The second-order valence-electron chi connectivity index (χ2n) is 4.85. The maximum absolute atomic E-state index is 11.5. The van der Waals surface area contributed by atoms with Gasteiger partial charge in [0.1, 0.15) is 0 Å². The number of piperidine rings is 1. The summed E-state index contributed by atoms with van der Waals surface area (Å²) >= 11 is 0. The predicted octanol–water partition coefficient (Wildman–Crippen LogP) is 0.602. The van der Waals surface area contributed by atoms with Gasteiger partial charge in [0.15, 0.2) is 0 Å². The first-order valence-electron chi connectivity index (χ1n) is 5.95. The fourth-order valence-electron chi connectivity index (χ4n) is 3.05. The van der Waals surface area contributed by atoms with Crippen LogP contribution in [0.4, 0.5) is 10.5 Å². The van der Waals surface area contributed by atoms with Gasteiger partial charge >= 0.3 is 6.03 Å². The van der Waals surface area contributed by atoms with Gasteiger partial charge in [-0.2, -0.15) is 0 Å². The Hall–Kier alpha value is -1.62. The lowest BCUT2D eigenvalue weighted by Gasteiger charge is -2.34. The Morgan fingerprint density at radius 2 is 2.24 bits per heavy atom. The maximum Gasteiger partial charge on any atom is 0.319 e. The number of rotatable bonds is 0. The molecular weight excluding hydrogens is 216 g/mol. The van der Waals surface area contributed by atoms with Crippen LogP contribution in [0.3, 0.4) is 0 Å². The fourth-order valence-corrected chi connectivity index (χ4v) is 3.05. The van der Waals surface area contributed by atoms with Gasteiger partial charge in [0.2, 0.25) is 0 Å². The number of nitrogens with zero attached hydrogens (tertiary/aromatic N) is 2. The van der Waals surface area contributed by atoms with E-state index in [4.69, 9.17) is 5.73 Å². The van der Waals surface area contributed by atoms with Crippen molar-refractivity contribution in [3.63, 3.8) is 0 Å². The molecule has 0 aromatic carbocycles. The smallest absolute Gasteiger partial charge is 0.319 e. The molecule has 0 radical (unpaired) electrons. The predicted molar refractivity (Wildman–Crippen MR) is 64.9 cm³/mol. The molecular formula is C12H16N4O. The first kappa shape index (κ1) is 10.5. The van der Waals surface area contributed by atoms with E-state index >= 15 is 0 Å². The van der Waals surface area contributed by atoms with Crippen molar-refractivity contribution in [3.8, 4) is 0 Å². The quantitative estimate of drug-likeness (QED) is 0.688. The number of hydrogen-bond donors (Lipinski definition) is 2. The molecule has 17 heavy (non-hydrogen) atoms. The zero-order valence-corrected chi connectivity index (χ0v) is 9.65. The lowest BCUT2D eigenvalue weighted by molar-refractivity contribution is 0.251. The summed E-state index contributed by atoms with van der Waals surface area (Å²) in [5.41, 5.74) is 7.65. The van der Waals surface area contributed by atoms with Gasteiger partial charge in [0.05, 0.1) is 11.9 Å². The summed E-state index contributed by atoms with van der Waals surface area (Å²) < 4.78 is 0. The van der Waals surface area contributed by atoms with E-state index in [9.17, 15) is 4.79 Å². The molecule has 1 spiro atoms. The van der Waals surface area contributed by atoms with Crippen molar-refractivity contribution in [1.29, 1.82) is 0 Å². The zero-order chi connectivity index (χ0) is 11.9. The summed E-state index contributed by atoms with van der Waals surface area (Å²) in [5, 5.41) is 3.36. The van der Waals surface area contributed by atoms with Crippen molar-refractivity contribution in [2.45, 2.75) is 18.3 Å². The van der Waals surface area contributed by atoms with Gasteiger partial charge in [0, 0.05) is 18.2 Å². The lowest BCUT2D eigenvalue weighted by Crippen LogP contribution is -2.45. The SMILES string of the molecule is NC(=O)N1CC2(CCNCC2)c2ccncc21. The van der Waals surface area contributed by atoms with Crippen LogP contribution < -0.4 is 16.0 Å². The molecule has 90 valence electrons. The second kappa shape index (κ2) is 3.70. The average Bonchev–Trinajstić information content (AvgIpc) is 2.66. The second-order valence-corrected chi connectivity index (χ2v) is 4.85. The molecule has 0 bridgehead atoms. The summed E-state index contributed by atoms with van der Waals surface area (Å²) in [7, 11) is 0. The van der Waals surface area contributed by atoms with Crippen molar-refractivity contribution in [2.24, 2.45) is 5.73 Å². The van der Waals surface area contributed by atoms with Crippen LogP contribution >= 0.6 is 0 Å². The topological polar surface area (TPSA) is 71.2 Å². The van der Waals surface area contributed by atoms with Crippen LogP contribution in [-0.2, 0) is 5.41 Å². The molecule has 3 rings (SSSR count). The van der Waals surface area contributed by atoms with E-state index in [-0.39, 0.29) is 11.4 Å². The van der Waals surface area contributed by atoms with Gasteiger partial charge in [-0.3, -0.25) is 9.88 Å². The van der Waals surface area contributed by atoms with Gasteiger partial charge in [-0.25, -0.2) is 4.79 Å². The molecule has 2 aliphatic rings. The summed E-state index contributed by atoms with van der Waals surface area (Å²) in [6.45, 7) is 2.69. The molecule has 1 fully saturated rings. The minimum atomic E-state index is -0.380. The van der Waals surface area contributed by atoms with Gasteiger partial charge in [-0.1, -0.05) is 0 Å². The first-order valence-corrected chi connectivity index (χ1v) is 5.95. The van der Waals surface area contributed by atoms with Crippen molar-refractivity contribution >= 4 is 11.7 Å². The van der Waals surface area contributed by atoms with Gasteiger partial charge in [0.25, 0.3) is 0 Å². The molecule has 3 N–H and O–H groups in total. The minimum absolute atomic E-state index is 0.0819. The van der Waals surface area contributed by atoms with E-state index in [1.54, 1.807) is 17.3 Å². The molecule has 2 aliphatic heterocycles.